The minimum absolute atomic E-state index is 0.142. The van der Waals surface area contributed by atoms with Crippen LogP contribution in [0.3, 0.4) is 0 Å². The first kappa shape index (κ1) is 19.1. The fourth-order valence-corrected chi connectivity index (χ4v) is 3.94. The number of carbonyl (C=O) groups is 1. The van der Waals surface area contributed by atoms with Crippen LogP contribution in [0.1, 0.15) is 35.8 Å². The first-order valence-corrected chi connectivity index (χ1v) is 10.3. The van der Waals surface area contributed by atoms with Gasteiger partial charge in [0, 0.05) is 12.1 Å². The number of benzene rings is 3. The first-order valence-electron chi connectivity index (χ1n) is 8.80. The largest absolute Gasteiger partial charge is 0.346 e. The second-order valence-electron chi connectivity index (χ2n) is 6.33. The van der Waals surface area contributed by atoms with Crippen molar-refractivity contribution in [3.05, 3.63) is 77.9 Å². The monoisotopic (exact) mass is 382 g/mol. The molecule has 0 radical (unpaired) electrons. The van der Waals surface area contributed by atoms with E-state index >= 15 is 0 Å². The Hall–Kier alpha value is -2.70. The van der Waals surface area contributed by atoms with Gasteiger partial charge >= 0.3 is 0 Å². The van der Waals surface area contributed by atoms with Gasteiger partial charge in [0.1, 0.15) is 0 Å². The maximum absolute atomic E-state index is 12.5. The Balaban J connectivity index is 1.74. The Morgan fingerprint density at radius 3 is 2.30 bits per heavy atom. The van der Waals surface area contributed by atoms with Crippen molar-refractivity contribution < 1.29 is 13.2 Å². The summed E-state index contributed by atoms with van der Waals surface area (Å²) in [4.78, 5) is 12.6. The summed E-state index contributed by atoms with van der Waals surface area (Å²) in [5.74, 6) is -0.247. The van der Waals surface area contributed by atoms with Crippen LogP contribution >= 0.6 is 0 Å². The predicted octanol–water partition coefficient (Wildman–Crippen LogP) is 3.63. The van der Waals surface area contributed by atoms with E-state index in [0.717, 1.165) is 16.3 Å². The molecule has 0 saturated heterocycles. The SMILES string of the molecule is CCNS(=O)(=O)c1ccc(C(=O)NC(C)c2ccc3ccccc3c2)cc1. The summed E-state index contributed by atoms with van der Waals surface area (Å²) in [5.41, 5.74) is 1.42. The molecule has 1 atom stereocenters. The summed E-state index contributed by atoms with van der Waals surface area (Å²) >= 11 is 0. The molecule has 0 aliphatic heterocycles. The van der Waals surface area contributed by atoms with Gasteiger partial charge < -0.3 is 5.32 Å². The lowest BCUT2D eigenvalue weighted by atomic mass is 10.0. The van der Waals surface area contributed by atoms with E-state index in [2.05, 4.69) is 16.1 Å². The third kappa shape index (κ3) is 4.35. The van der Waals surface area contributed by atoms with Gasteiger partial charge in [0.05, 0.1) is 10.9 Å². The molecule has 0 aliphatic rings. The van der Waals surface area contributed by atoms with E-state index in [1.807, 2.05) is 43.3 Å². The highest BCUT2D eigenvalue weighted by atomic mass is 32.2. The van der Waals surface area contributed by atoms with Gasteiger partial charge in [-0.3, -0.25) is 4.79 Å². The molecule has 0 spiro atoms. The molecule has 6 heteroatoms. The van der Waals surface area contributed by atoms with Crippen LogP contribution in [0.25, 0.3) is 10.8 Å². The number of nitrogens with one attached hydrogen (secondary N) is 2. The molecule has 1 unspecified atom stereocenters. The maximum Gasteiger partial charge on any atom is 0.251 e. The van der Waals surface area contributed by atoms with Gasteiger partial charge in [-0.25, -0.2) is 13.1 Å². The molecule has 0 heterocycles. The first-order chi connectivity index (χ1) is 12.9. The molecule has 140 valence electrons. The van der Waals surface area contributed by atoms with E-state index in [0.29, 0.717) is 12.1 Å². The van der Waals surface area contributed by atoms with E-state index < -0.39 is 10.0 Å². The predicted molar refractivity (Wildman–Crippen MR) is 107 cm³/mol. The highest BCUT2D eigenvalue weighted by Gasteiger charge is 2.15. The second-order valence-corrected chi connectivity index (χ2v) is 8.09. The van der Waals surface area contributed by atoms with Gasteiger partial charge in [0.25, 0.3) is 5.91 Å². The summed E-state index contributed by atoms with van der Waals surface area (Å²) in [6, 6.07) is 19.9. The van der Waals surface area contributed by atoms with Gasteiger partial charge in [0.2, 0.25) is 10.0 Å². The molecule has 2 N–H and O–H groups in total. The third-order valence-electron chi connectivity index (χ3n) is 4.38. The van der Waals surface area contributed by atoms with E-state index in [-0.39, 0.29) is 16.8 Å². The van der Waals surface area contributed by atoms with Crippen molar-refractivity contribution in [2.75, 3.05) is 6.54 Å². The number of hydrogen-bond donors (Lipinski definition) is 2. The fraction of sp³-hybridized carbons (Fsp3) is 0.190. The number of hydrogen-bond acceptors (Lipinski definition) is 3. The van der Waals surface area contributed by atoms with Crippen LogP contribution in [0.2, 0.25) is 0 Å². The average molecular weight is 382 g/mol. The molecule has 0 saturated carbocycles. The van der Waals surface area contributed by atoms with Gasteiger partial charge in [0.15, 0.2) is 0 Å². The molecule has 0 aliphatic carbocycles. The molecule has 0 bridgehead atoms. The summed E-state index contributed by atoms with van der Waals surface area (Å²) in [7, 11) is -3.52. The van der Waals surface area contributed by atoms with Gasteiger partial charge in [-0.05, 0) is 53.6 Å². The number of carbonyl (C=O) groups excluding carboxylic acids is 1. The minimum Gasteiger partial charge on any atom is -0.346 e. The summed E-state index contributed by atoms with van der Waals surface area (Å²) < 4.78 is 26.4. The molecule has 5 nitrogen and oxygen atoms in total. The van der Waals surface area contributed by atoms with Gasteiger partial charge in [-0.15, -0.1) is 0 Å². The number of sulfonamides is 1. The zero-order chi connectivity index (χ0) is 19.4. The Kier molecular flexibility index (Phi) is 5.58. The zero-order valence-electron chi connectivity index (χ0n) is 15.3. The van der Waals surface area contributed by atoms with Crippen LogP contribution in [0.15, 0.2) is 71.6 Å². The van der Waals surface area contributed by atoms with E-state index in [9.17, 15) is 13.2 Å². The van der Waals surface area contributed by atoms with E-state index in [1.54, 1.807) is 6.92 Å². The van der Waals surface area contributed by atoms with Crippen molar-refractivity contribution >= 4 is 26.7 Å². The minimum atomic E-state index is -3.52. The highest BCUT2D eigenvalue weighted by molar-refractivity contribution is 7.89. The normalized spacial score (nSPS) is 12.7. The van der Waals surface area contributed by atoms with Crippen LogP contribution in [0, 0.1) is 0 Å². The van der Waals surface area contributed by atoms with Gasteiger partial charge in [-0.2, -0.15) is 0 Å². The lowest BCUT2D eigenvalue weighted by Crippen LogP contribution is -2.27. The molecular formula is C21H22N2O3S. The third-order valence-corrected chi connectivity index (χ3v) is 5.94. The lowest BCUT2D eigenvalue weighted by molar-refractivity contribution is 0.0940. The molecule has 3 aromatic carbocycles. The van der Waals surface area contributed by atoms with Crippen LogP contribution in [0.4, 0.5) is 0 Å². The molecule has 0 fully saturated rings. The van der Waals surface area contributed by atoms with Gasteiger partial charge in [-0.1, -0.05) is 43.3 Å². The van der Waals surface area contributed by atoms with Crippen LogP contribution in [-0.2, 0) is 10.0 Å². The molecule has 3 aromatic rings. The summed E-state index contributed by atoms with van der Waals surface area (Å²) in [6.07, 6.45) is 0. The van der Waals surface area contributed by atoms with Crippen LogP contribution in [0.5, 0.6) is 0 Å². The van der Waals surface area contributed by atoms with Crippen molar-refractivity contribution in [3.8, 4) is 0 Å². The molecule has 27 heavy (non-hydrogen) atoms. The maximum atomic E-state index is 12.5. The fourth-order valence-electron chi connectivity index (χ4n) is 2.90. The van der Waals surface area contributed by atoms with E-state index in [1.165, 1.54) is 24.3 Å². The van der Waals surface area contributed by atoms with Crippen molar-refractivity contribution in [1.29, 1.82) is 0 Å². The van der Waals surface area contributed by atoms with Crippen LogP contribution in [-0.4, -0.2) is 20.9 Å². The Morgan fingerprint density at radius 1 is 0.963 bits per heavy atom. The lowest BCUT2D eigenvalue weighted by Gasteiger charge is -2.15. The second kappa shape index (κ2) is 7.90. The Morgan fingerprint density at radius 2 is 1.63 bits per heavy atom. The molecule has 1 amide bonds. The molecular weight excluding hydrogens is 360 g/mol. The average Bonchev–Trinajstić information content (AvgIpc) is 2.67. The van der Waals surface area contributed by atoms with Crippen molar-refractivity contribution in [2.45, 2.75) is 24.8 Å². The van der Waals surface area contributed by atoms with E-state index in [4.69, 9.17) is 0 Å². The molecule has 0 aromatic heterocycles. The number of rotatable bonds is 6. The standard InChI is InChI=1S/C21H22N2O3S/c1-3-22-27(25,26)20-12-10-17(11-13-20)21(24)23-15(2)18-9-8-16-6-4-5-7-19(16)14-18/h4-15,22H,3H2,1-2H3,(H,23,24). The highest BCUT2D eigenvalue weighted by Crippen LogP contribution is 2.20. The Labute approximate surface area is 159 Å². The zero-order valence-corrected chi connectivity index (χ0v) is 16.1. The topological polar surface area (TPSA) is 75.3 Å². The number of amides is 1. The number of fused-ring (bicyclic) bond motifs is 1. The van der Waals surface area contributed by atoms with Crippen molar-refractivity contribution in [3.63, 3.8) is 0 Å². The quantitative estimate of drug-likeness (QED) is 0.684. The Bertz CT molecular complexity index is 1060. The summed E-state index contributed by atoms with van der Waals surface area (Å²) in [6.45, 7) is 3.95. The smallest absolute Gasteiger partial charge is 0.251 e. The molecule has 3 rings (SSSR count). The van der Waals surface area contributed by atoms with Crippen LogP contribution < -0.4 is 10.0 Å². The van der Waals surface area contributed by atoms with Crippen molar-refractivity contribution in [2.24, 2.45) is 0 Å². The summed E-state index contributed by atoms with van der Waals surface area (Å²) in [5, 5.41) is 5.23. The van der Waals surface area contributed by atoms with Crippen molar-refractivity contribution in [1.82, 2.24) is 10.0 Å².